The summed E-state index contributed by atoms with van der Waals surface area (Å²) in [6.45, 7) is 0. The highest BCUT2D eigenvalue weighted by molar-refractivity contribution is 6.46. The minimum Gasteiger partial charge on any atom is -0.321 e. The molecule has 4 nitrogen and oxygen atoms in total. The highest BCUT2D eigenvalue weighted by atomic mass is 35.5. The van der Waals surface area contributed by atoms with Gasteiger partial charge in [-0.05, 0) is 80.9 Å². The van der Waals surface area contributed by atoms with Gasteiger partial charge in [-0.3, -0.25) is 9.59 Å². The fraction of sp³-hybridized carbons (Fsp3) is 0.0233. The van der Waals surface area contributed by atoms with Crippen molar-refractivity contribution >= 4 is 58.5 Å². The molecule has 6 aromatic carbocycles. The lowest BCUT2D eigenvalue weighted by Gasteiger charge is -2.34. The van der Waals surface area contributed by atoms with Crippen LogP contribution in [0.15, 0.2) is 168 Å². The smallest absolute Gasteiger partial charge is 0.267 e. The molecule has 0 saturated carbocycles. The number of halogens is 2. The zero-order valence-electron chi connectivity index (χ0n) is 26.2. The second-order valence-electron chi connectivity index (χ2n) is 11.7. The monoisotopic (exact) mass is 676 g/mol. The van der Waals surface area contributed by atoms with Gasteiger partial charge in [0.05, 0.1) is 5.41 Å². The molecule has 0 radical (unpaired) electrons. The number of amides is 2. The summed E-state index contributed by atoms with van der Waals surface area (Å²) in [5.41, 5.74) is 8.94. The molecule has 238 valence electrons. The maximum atomic E-state index is 13.0. The first kappa shape index (κ1) is 31.9. The van der Waals surface area contributed by atoms with Crippen LogP contribution in [0.5, 0.6) is 0 Å². The third-order valence-corrected chi connectivity index (χ3v) is 9.29. The molecule has 0 aromatic heterocycles. The van der Waals surface area contributed by atoms with Crippen LogP contribution in [0.1, 0.15) is 33.4 Å². The molecule has 0 bridgehead atoms. The van der Waals surface area contributed by atoms with Crippen molar-refractivity contribution in [3.63, 3.8) is 0 Å². The van der Waals surface area contributed by atoms with Gasteiger partial charge in [0.15, 0.2) is 0 Å². The molecule has 0 spiro atoms. The third kappa shape index (κ3) is 6.32. The zero-order chi connectivity index (χ0) is 33.8. The van der Waals surface area contributed by atoms with E-state index in [1.54, 1.807) is 12.2 Å². The van der Waals surface area contributed by atoms with E-state index in [-0.39, 0.29) is 21.9 Å². The molecule has 2 N–H and O–H groups in total. The summed E-state index contributed by atoms with van der Waals surface area (Å²) in [5.74, 6) is -0.776. The molecule has 0 aliphatic heterocycles. The number of anilines is 2. The fourth-order valence-electron chi connectivity index (χ4n) is 6.53. The van der Waals surface area contributed by atoms with Crippen LogP contribution >= 0.6 is 23.2 Å². The Morgan fingerprint density at radius 2 is 0.796 bits per heavy atom. The average Bonchev–Trinajstić information content (AvgIpc) is 3.44. The van der Waals surface area contributed by atoms with Crippen LogP contribution in [0.2, 0.25) is 0 Å². The van der Waals surface area contributed by atoms with Crippen LogP contribution < -0.4 is 10.6 Å². The Morgan fingerprint density at radius 1 is 0.449 bits per heavy atom. The molecule has 0 atom stereocenters. The quantitative estimate of drug-likeness (QED) is 0.157. The molecule has 0 heterocycles. The second kappa shape index (κ2) is 13.8. The van der Waals surface area contributed by atoms with Crippen molar-refractivity contribution in [2.45, 2.75) is 5.41 Å². The fourth-order valence-corrected chi connectivity index (χ4v) is 6.88. The number of hydrogen-bond donors (Lipinski definition) is 2. The van der Waals surface area contributed by atoms with Crippen LogP contribution in [0.25, 0.3) is 23.3 Å². The first-order valence-electron chi connectivity index (χ1n) is 15.8. The van der Waals surface area contributed by atoms with Crippen LogP contribution in [0.3, 0.4) is 0 Å². The van der Waals surface area contributed by atoms with E-state index in [0.29, 0.717) is 11.4 Å². The molecule has 1 aliphatic carbocycles. The van der Waals surface area contributed by atoms with Gasteiger partial charge in [-0.1, -0.05) is 157 Å². The molecule has 6 heteroatoms. The minimum atomic E-state index is -0.659. The van der Waals surface area contributed by atoms with Crippen LogP contribution in [0.4, 0.5) is 11.4 Å². The molecule has 0 fully saturated rings. The van der Waals surface area contributed by atoms with Gasteiger partial charge in [-0.2, -0.15) is 0 Å². The van der Waals surface area contributed by atoms with Crippen molar-refractivity contribution in [1.82, 2.24) is 0 Å². The lowest BCUT2D eigenvalue weighted by molar-refractivity contribution is -0.113. The van der Waals surface area contributed by atoms with Gasteiger partial charge in [0.25, 0.3) is 11.8 Å². The van der Waals surface area contributed by atoms with Gasteiger partial charge in [0.1, 0.15) is 10.1 Å². The number of benzene rings is 6. The largest absolute Gasteiger partial charge is 0.321 e. The van der Waals surface area contributed by atoms with Crippen molar-refractivity contribution < 1.29 is 9.59 Å². The van der Waals surface area contributed by atoms with E-state index >= 15 is 0 Å². The van der Waals surface area contributed by atoms with Gasteiger partial charge in [-0.15, -0.1) is 0 Å². The number of rotatable bonds is 8. The molecule has 49 heavy (non-hydrogen) atoms. The van der Waals surface area contributed by atoms with Crippen molar-refractivity contribution in [3.8, 4) is 11.1 Å². The summed E-state index contributed by atoms with van der Waals surface area (Å²) >= 11 is 12.8. The summed E-state index contributed by atoms with van der Waals surface area (Å²) < 4.78 is 0. The number of nitrogens with one attached hydrogen (secondary N) is 2. The highest BCUT2D eigenvalue weighted by Crippen LogP contribution is 2.56. The van der Waals surface area contributed by atoms with Gasteiger partial charge in [-0.25, -0.2) is 0 Å². The zero-order valence-corrected chi connectivity index (χ0v) is 27.8. The maximum Gasteiger partial charge on any atom is 0.267 e. The van der Waals surface area contributed by atoms with Crippen molar-refractivity contribution in [1.29, 1.82) is 0 Å². The summed E-state index contributed by atoms with van der Waals surface area (Å²) in [6.07, 6.45) is 3.29. The predicted octanol–water partition coefficient (Wildman–Crippen LogP) is 10.5. The molecule has 0 unspecified atom stereocenters. The Morgan fingerprint density at radius 3 is 1.18 bits per heavy atom. The summed E-state index contributed by atoms with van der Waals surface area (Å²) in [5, 5.41) is 6.04. The summed E-state index contributed by atoms with van der Waals surface area (Å²) in [7, 11) is 0. The molecular weight excluding hydrogens is 647 g/mol. The number of carbonyl (C=O) groups excluding carboxylic acids is 2. The van der Waals surface area contributed by atoms with E-state index in [0.717, 1.165) is 44.5 Å². The molecule has 7 rings (SSSR count). The van der Waals surface area contributed by atoms with Crippen molar-refractivity contribution in [3.05, 3.63) is 201 Å². The lowest BCUT2D eigenvalue weighted by atomic mass is 9.67. The average molecular weight is 678 g/mol. The second-order valence-corrected chi connectivity index (χ2v) is 12.5. The SMILES string of the molecule is O=C(Nc1ccc(C2(c3ccc(NC(=O)/C(Cl)=C/c4ccccc4)cc3)c3ccccc3-c3ccccc32)cc1)/C(Cl)=C/c1ccccc1. The van der Waals surface area contributed by atoms with Gasteiger partial charge in [0.2, 0.25) is 0 Å². The lowest BCUT2D eigenvalue weighted by Crippen LogP contribution is -2.28. The predicted molar refractivity (Wildman–Crippen MR) is 202 cm³/mol. The summed E-state index contributed by atoms with van der Waals surface area (Å²) in [4.78, 5) is 25.9. The molecule has 1 aliphatic rings. The standard InChI is InChI=1S/C43H30Cl2N2O2/c44-39(27-29-11-3-1-4-12-29)41(48)46-33-23-19-31(20-24-33)43(37-17-9-7-15-35(37)36-16-8-10-18-38(36)43)32-21-25-34(26-22-32)47-42(49)40(45)28-30-13-5-2-6-14-30/h1-28H,(H,46,48)(H,47,49)/b39-27-,40-28-. The van der Waals surface area contributed by atoms with Gasteiger partial charge >= 0.3 is 0 Å². The highest BCUT2D eigenvalue weighted by Gasteiger charge is 2.45. The van der Waals surface area contributed by atoms with Gasteiger partial charge in [0, 0.05) is 11.4 Å². The molecule has 0 saturated heterocycles. The topological polar surface area (TPSA) is 58.2 Å². The molecule has 6 aromatic rings. The van der Waals surface area contributed by atoms with E-state index < -0.39 is 5.41 Å². The van der Waals surface area contributed by atoms with Crippen LogP contribution in [-0.4, -0.2) is 11.8 Å². The van der Waals surface area contributed by atoms with E-state index in [1.165, 1.54) is 0 Å². The van der Waals surface area contributed by atoms with Crippen molar-refractivity contribution in [2.75, 3.05) is 10.6 Å². The first-order chi connectivity index (χ1) is 23.9. The van der Waals surface area contributed by atoms with E-state index in [1.807, 2.05) is 109 Å². The molecular formula is C43H30Cl2N2O2. The van der Waals surface area contributed by atoms with Crippen LogP contribution in [-0.2, 0) is 15.0 Å². The Bertz CT molecular complexity index is 2050. The van der Waals surface area contributed by atoms with Crippen molar-refractivity contribution in [2.24, 2.45) is 0 Å². The number of fused-ring (bicyclic) bond motifs is 3. The maximum absolute atomic E-state index is 13.0. The van der Waals surface area contributed by atoms with E-state index in [9.17, 15) is 9.59 Å². The Hall–Kier alpha value is -5.68. The third-order valence-electron chi connectivity index (χ3n) is 8.72. The number of carbonyl (C=O) groups is 2. The Kier molecular flexibility index (Phi) is 8.99. The Balaban J connectivity index is 1.23. The van der Waals surface area contributed by atoms with Crippen LogP contribution in [0, 0.1) is 0 Å². The number of hydrogen-bond acceptors (Lipinski definition) is 2. The normalized spacial score (nSPS) is 13.3. The molecule has 2 amide bonds. The van der Waals surface area contributed by atoms with E-state index in [4.69, 9.17) is 23.2 Å². The van der Waals surface area contributed by atoms with E-state index in [2.05, 4.69) is 59.2 Å². The Labute approximate surface area is 295 Å². The van der Waals surface area contributed by atoms with Gasteiger partial charge < -0.3 is 10.6 Å². The summed E-state index contributed by atoms with van der Waals surface area (Å²) in [6, 6.07) is 51.6. The first-order valence-corrected chi connectivity index (χ1v) is 16.6. The minimum absolute atomic E-state index is 0.0921.